The lowest BCUT2D eigenvalue weighted by Gasteiger charge is -2.10. The van der Waals surface area contributed by atoms with E-state index in [9.17, 15) is 9.59 Å². The number of carboxylic acids is 1. The van der Waals surface area contributed by atoms with Gasteiger partial charge in [0.1, 0.15) is 21.7 Å². The number of nitrogens with zero attached hydrogens (tertiary/aromatic N) is 1. The summed E-state index contributed by atoms with van der Waals surface area (Å²) in [5.41, 5.74) is 0.489. The van der Waals surface area contributed by atoms with Crippen molar-refractivity contribution in [3.63, 3.8) is 0 Å². The van der Waals surface area contributed by atoms with Crippen LogP contribution in [0.2, 0.25) is 0 Å². The first-order valence-electron chi connectivity index (χ1n) is 7.38. The van der Waals surface area contributed by atoms with Crippen LogP contribution >= 0.6 is 11.3 Å². The molecule has 0 saturated carbocycles. The topological polar surface area (TPSA) is 97.8 Å². The maximum atomic E-state index is 12.4. The van der Waals surface area contributed by atoms with Gasteiger partial charge in [-0.3, -0.25) is 4.79 Å². The SMILES string of the molecule is COc1cc(C(=O)O)ccc1NC(=O)c1cnc(C2CCCO2)s1. The maximum absolute atomic E-state index is 12.4. The lowest BCUT2D eigenvalue weighted by atomic mass is 10.2. The molecule has 126 valence electrons. The van der Waals surface area contributed by atoms with E-state index in [-0.39, 0.29) is 23.3 Å². The van der Waals surface area contributed by atoms with E-state index in [2.05, 4.69) is 10.3 Å². The van der Waals surface area contributed by atoms with Gasteiger partial charge < -0.3 is 19.9 Å². The molecule has 2 aromatic rings. The molecule has 0 radical (unpaired) electrons. The van der Waals surface area contributed by atoms with Gasteiger partial charge in [0.05, 0.1) is 24.6 Å². The maximum Gasteiger partial charge on any atom is 0.335 e. The normalized spacial score (nSPS) is 16.8. The number of ether oxygens (including phenoxy) is 2. The standard InChI is InChI=1S/C16H16N2O5S/c1-22-12-7-9(16(20)21)4-5-10(12)18-14(19)13-8-17-15(24-13)11-3-2-6-23-11/h4-5,7-8,11H,2-3,6H2,1H3,(H,18,19)(H,20,21). The Labute approximate surface area is 142 Å². The number of methoxy groups -OCH3 is 1. The number of rotatable bonds is 5. The molecule has 1 saturated heterocycles. The zero-order valence-corrected chi connectivity index (χ0v) is 13.8. The summed E-state index contributed by atoms with van der Waals surface area (Å²) in [6.07, 6.45) is 3.41. The number of anilines is 1. The second kappa shape index (κ2) is 6.98. The van der Waals surface area contributed by atoms with E-state index in [1.807, 2.05) is 0 Å². The van der Waals surface area contributed by atoms with Gasteiger partial charge in [0.15, 0.2) is 0 Å². The summed E-state index contributed by atoms with van der Waals surface area (Å²) in [5, 5.41) is 12.5. The van der Waals surface area contributed by atoms with Gasteiger partial charge in [-0.2, -0.15) is 0 Å². The number of carbonyl (C=O) groups excluding carboxylic acids is 1. The van der Waals surface area contributed by atoms with Crippen LogP contribution in [0.15, 0.2) is 24.4 Å². The molecule has 0 spiro atoms. The molecule has 1 aliphatic rings. The molecule has 1 aromatic carbocycles. The zero-order chi connectivity index (χ0) is 17.1. The van der Waals surface area contributed by atoms with Gasteiger partial charge in [-0.05, 0) is 31.0 Å². The van der Waals surface area contributed by atoms with Gasteiger partial charge in [0.2, 0.25) is 0 Å². The van der Waals surface area contributed by atoms with E-state index in [4.69, 9.17) is 14.6 Å². The van der Waals surface area contributed by atoms with E-state index in [1.165, 1.54) is 42.8 Å². The van der Waals surface area contributed by atoms with Gasteiger partial charge in [0.25, 0.3) is 5.91 Å². The van der Waals surface area contributed by atoms with Crippen LogP contribution < -0.4 is 10.1 Å². The van der Waals surface area contributed by atoms with Crippen molar-refractivity contribution in [2.45, 2.75) is 18.9 Å². The van der Waals surface area contributed by atoms with Crippen LogP contribution in [0.5, 0.6) is 5.75 Å². The summed E-state index contributed by atoms with van der Waals surface area (Å²) < 4.78 is 10.7. The molecule has 1 unspecified atom stereocenters. The van der Waals surface area contributed by atoms with Crippen LogP contribution in [0.3, 0.4) is 0 Å². The lowest BCUT2D eigenvalue weighted by Crippen LogP contribution is -2.11. The number of carbonyl (C=O) groups is 2. The molecule has 24 heavy (non-hydrogen) atoms. The number of nitrogens with one attached hydrogen (secondary N) is 1. The van der Waals surface area contributed by atoms with Crippen molar-refractivity contribution >= 4 is 28.9 Å². The minimum Gasteiger partial charge on any atom is -0.495 e. The van der Waals surface area contributed by atoms with Crippen molar-refractivity contribution in [1.29, 1.82) is 0 Å². The average molecular weight is 348 g/mol. The number of aromatic nitrogens is 1. The van der Waals surface area contributed by atoms with Crippen LogP contribution in [0.25, 0.3) is 0 Å². The molecule has 2 N–H and O–H groups in total. The third-order valence-corrected chi connectivity index (χ3v) is 4.74. The quantitative estimate of drug-likeness (QED) is 0.862. The first-order valence-corrected chi connectivity index (χ1v) is 8.20. The van der Waals surface area contributed by atoms with E-state index < -0.39 is 5.97 Å². The van der Waals surface area contributed by atoms with Gasteiger partial charge in [-0.15, -0.1) is 11.3 Å². The number of aromatic carboxylic acids is 1. The van der Waals surface area contributed by atoms with Crippen LogP contribution in [-0.4, -0.2) is 35.7 Å². The van der Waals surface area contributed by atoms with Crippen molar-refractivity contribution in [3.8, 4) is 5.75 Å². The van der Waals surface area contributed by atoms with Crippen molar-refractivity contribution < 1.29 is 24.2 Å². The van der Waals surface area contributed by atoms with Crippen LogP contribution in [0.1, 0.15) is 44.0 Å². The molecule has 2 heterocycles. The molecule has 8 heteroatoms. The molecule has 1 aliphatic heterocycles. The van der Waals surface area contributed by atoms with Crippen LogP contribution in [-0.2, 0) is 4.74 Å². The molecular weight excluding hydrogens is 332 g/mol. The Hall–Kier alpha value is -2.45. The molecular formula is C16H16N2O5S. The minimum atomic E-state index is -1.06. The summed E-state index contributed by atoms with van der Waals surface area (Å²) >= 11 is 1.30. The molecule has 7 nitrogen and oxygen atoms in total. The fourth-order valence-electron chi connectivity index (χ4n) is 2.43. The second-order valence-corrected chi connectivity index (χ2v) is 6.30. The van der Waals surface area contributed by atoms with Crippen molar-refractivity contribution in [3.05, 3.63) is 39.8 Å². The van der Waals surface area contributed by atoms with Gasteiger partial charge in [-0.25, -0.2) is 9.78 Å². The minimum absolute atomic E-state index is 0.0269. The third kappa shape index (κ3) is 3.39. The Morgan fingerprint density at radius 3 is 2.96 bits per heavy atom. The molecule has 0 aliphatic carbocycles. The summed E-state index contributed by atoms with van der Waals surface area (Å²) in [4.78, 5) is 28.1. The molecule has 1 amide bonds. The highest BCUT2D eigenvalue weighted by molar-refractivity contribution is 7.13. The number of carboxylic acid groups (broad SMARTS) is 1. The monoisotopic (exact) mass is 348 g/mol. The van der Waals surface area contributed by atoms with Crippen molar-refractivity contribution in [2.24, 2.45) is 0 Å². The van der Waals surface area contributed by atoms with Gasteiger partial charge in [0, 0.05) is 6.61 Å². The highest BCUT2D eigenvalue weighted by Crippen LogP contribution is 2.32. The molecule has 1 fully saturated rings. The molecule has 3 rings (SSSR count). The van der Waals surface area contributed by atoms with Gasteiger partial charge >= 0.3 is 5.97 Å². The highest BCUT2D eigenvalue weighted by atomic mass is 32.1. The number of amides is 1. The predicted molar refractivity (Wildman–Crippen MR) is 87.9 cm³/mol. The first kappa shape index (κ1) is 16.4. The van der Waals surface area contributed by atoms with Crippen molar-refractivity contribution in [1.82, 2.24) is 4.98 Å². The Bertz CT molecular complexity index is 768. The lowest BCUT2D eigenvalue weighted by molar-refractivity contribution is 0.0696. The molecule has 1 aromatic heterocycles. The number of thiazole rings is 1. The third-order valence-electron chi connectivity index (χ3n) is 3.65. The summed E-state index contributed by atoms with van der Waals surface area (Å²) in [6.45, 7) is 0.721. The number of hydrogen-bond donors (Lipinski definition) is 2. The van der Waals surface area contributed by atoms with E-state index >= 15 is 0 Å². The van der Waals surface area contributed by atoms with Crippen LogP contribution in [0.4, 0.5) is 5.69 Å². The Balaban J connectivity index is 1.76. The predicted octanol–water partition coefficient (Wildman–Crippen LogP) is 2.95. The number of benzene rings is 1. The first-order chi connectivity index (χ1) is 11.6. The largest absolute Gasteiger partial charge is 0.495 e. The molecule has 1 atom stereocenters. The fraction of sp³-hybridized carbons (Fsp3) is 0.312. The Kier molecular flexibility index (Phi) is 4.77. The summed E-state index contributed by atoms with van der Waals surface area (Å²) in [6, 6.07) is 4.27. The second-order valence-electron chi connectivity index (χ2n) is 5.24. The van der Waals surface area contributed by atoms with Crippen LogP contribution in [0, 0.1) is 0 Å². The van der Waals surface area contributed by atoms with E-state index in [0.717, 1.165) is 24.5 Å². The Morgan fingerprint density at radius 1 is 1.46 bits per heavy atom. The van der Waals surface area contributed by atoms with E-state index in [0.29, 0.717) is 10.6 Å². The summed E-state index contributed by atoms with van der Waals surface area (Å²) in [5.74, 6) is -1.10. The Morgan fingerprint density at radius 2 is 2.29 bits per heavy atom. The number of hydrogen-bond acceptors (Lipinski definition) is 6. The van der Waals surface area contributed by atoms with E-state index in [1.54, 1.807) is 0 Å². The fourth-order valence-corrected chi connectivity index (χ4v) is 3.32. The zero-order valence-electron chi connectivity index (χ0n) is 12.9. The van der Waals surface area contributed by atoms with Gasteiger partial charge in [-0.1, -0.05) is 0 Å². The highest BCUT2D eigenvalue weighted by Gasteiger charge is 2.23. The smallest absolute Gasteiger partial charge is 0.335 e. The van der Waals surface area contributed by atoms with Crippen molar-refractivity contribution in [2.75, 3.05) is 19.0 Å². The summed E-state index contributed by atoms with van der Waals surface area (Å²) in [7, 11) is 1.42. The average Bonchev–Trinajstić information content (AvgIpc) is 3.26. The molecule has 0 bridgehead atoms.